The van der Waals surface area contributed by atoms with Gasteiger partial charge in [0.05, 0.1) is 23.7 Å². The molecule has 2 unspecified atom stereocenters. The lowest BCUT2D eigenvalue weighted by Crippen LogP contribution is -2.33. The fraction of sp³-hybridized carbons (Fsp3) is 0.273. The molecule has 45 heavy (non-hydrogen) atoms. The predicted octanol–water partition coefficient (Wildman–Crippen LogP) is 5.85. The minimum Gasteiger partial charge on any atom is -0.497 e. The summed E-state index contributed by atoms with van der Waals surface area (Å²) in [4.78, 5) is 58.5. The molecule has 0 aliphatic carbocycles. The van der Waals surface area contributed by atoms with Crippen LogP contribution in [0.3, 0.4) is 0 Å². The van der Waals surface area contributed by atoms with E-state index in [0.717, 1.165) is 35.7 Å². The van der Waals surface area contributed by atoms with Crippen molar-refractivity contribution < 1.29 is 19.1 Å². The molecule has 1 saturated heterocycles. The Morgan fingerprint density at radius 2 is 1.60 bits per heavy atom. The summed E-state index contributed by atoms with van der Waals surface area (Å²) in [6, 6.07) is 21.5. The molecule has 2 aliphatic rings. The van der Waals surface area contributed by atoms with Gasteiger partial charge in [-0.15, -0.1) is 0 Å². The van der Waals surface area contributed by atoms with E-state index in [-0.39, 0.29) is 29.1 Å². The highest BCUT2D eigenvalue weighted by molar-refractivity contribution is 8.00. The van der Waals surface area contributed by atoms with Crippen molar-refractivity contribution in [3.8, 4) is 5.75 Å². The minimum absolute atomic E-state index is 0.238. The van der Waals surface area contributed by atoms with E-state index in [4.69, 9.17) is 16.3 Å². The van der Waals surface area contributed by atoms with Crippen molar-refractivity contribution in [2.24, 2.45) is 5.92 Å². The summed E-state index contributed by atoms with van der Waals surface area (Å²) in [7, 11) is 1.56. The maximum absolute atomic E-state index is 14.1. The molecule has 1 N–H and O–H groups in total. The van der Waals surface area contributed by atoms with Crippen LogP contribution in [0, 0.1) is 5.92 Å². The van der Waals surface area contributed by atoms with E-state index in [0.29, 0.717) is 32.1 Å². The van der Waals surface area contributed by atoms with Crippen LogP contribution in [0.1, 0.15) is 30.2 Å². The normalized spacial score (nSPS) is 18.8. The first-order chi connectivity index (χ1) is 21.7. The third-order valence-electron chi connectivity index (χ3n) is 8.19. The number of nitrogens with one attached hydrogen (secondary N) is 1. The van der Waals surface area contributed by atoms with Crippen molar-refractivity contribution >= 4 is 69.5 Å². The molecular formula is C33H31ClN4O5S2. The molecular weight excluding hydrogens is 632 g/mol. The molecule has 3 atom stereocenters. The zero-order valence-electron chi connectivity index (χ0n) is 24.9. The number of thiazole rings is 1. The third-order valence-corrected chi connectivity index (χ3v) is 11.0. The number of anilines is 3. The molecule has 3 amide bonds. The first kappa shape index (κ1) is 30.9. The molecule has 2 aliphatic heterocycles. The summed E-state index contributed by atoms with van der Waals surface area (Å²) >= 11 is 8.30. The SMILES string of the molecule is CCN(CC)c1ccc([C@H]2c3sc(=O)n(CC(=O)Nc4ccc(OC)cc4)c3SC3C(=O)N(c4ccc(Cl)cc4)C(=O)C32)cc1. The van der Waals surface area contributed by atoms with Gasteiger partial charge in [0.25, 0.3) is 0 Å². The number of aromatic nitrogens is 1. The van der Waals surface area contributed by atoms with E-state index in [2.05, 4.69) is 24.1 Å². The van der Waals surface area contributed by atoms with Crippen LogP contribution in [0.15, 0.2) is 82.6 Å². The molecule has 1 aromatic heterocycles. The van der Waals surface area contributed by atoms with E-state index in [9.17, 15) is 19.2 Å². The second kappa shape index (κ2) is 12.7. The second-order valence-electron chi connectivity index (χ2n) is 10.7. The van der Waals surface area contributed by atoms with Gasteiger partial charge in [-0.05, 0) is 80.1 Å². The zero-order valence-corrected chi connectivity index (χ0v) is 27.2. The summed E-state index contributed by atoms with van der Waals surface area (Å²) in [5.41, 5.74) is 2.88. The second-order valence-corrected chi connectivity index (χ2v) is 13.3. The Balaban J connectivity index is 1.39. The van der Waals surface area contributed by atoms with Crippen LogP contribution in [0.5, 0.6) is 5.75 Å². The molecule has 232 valence electrons. The van der Waals surface area contributed by atoms with Crippen molar-refractivity contribution in [1.82, 2.24) is 4.57 Å². The summed E-state index contributed by atoms with van der Waals surface area (Å²) in [5.74, 6) is -1.70. The highest BCUT2D eigenvalue weighted by Gasteiger charge is 2.56. The van der Waals surface area contributed by atoms with E-state index < -0.39 is 17.1 Å². The van der Waals surface area contributed by atoms with Crippen molar-refractivity contribution in [3.05, 3.63) is 97.9 Å². The molecule has 0 saturated carbocycles. The number of rotatable bonds is 9. The van der Waals surface area contributed by atoms with Crippen molar-refractivity contribution in [3.63, 3.8) is 0 Å². The van der Waals surface area contributed by atoms with Gasteiger partial charge >= 0.3 is 4.87 Å². The van der Waals surface area contributed by atoms with Gasteiger partial charge in [-0.1, -0.05) is 46.8 Å². The van der Waals surface area contributed by atoms with Crippen LogP contribution < -0.4 is 24.7 Å². The average Bonchev–Trinajstić information content (AvgIpc) is 3.49. The summed E-state index contributed by atoms with van der Waals surface area (Å²) in [5, 5.41) is 3.08. The Kier molecular flexibility index (Phi) is 8.76. The molecule has 3 aromatic carbocycles. The number of methoxy groups -OCH3 is 1. The van der Waals surface area contributed by atoms with E-state index in [1.165, 1.54) is 21.2 Å². The first-order valence-electron chi connectivity index (χ1n) is 14.6. The third kappa shape index (κ3) is 5.76. The molecule has 4 aromatic rings. The Labute approximate surface area is 273 Å². The first-order valence-corrected chi connectivity index (χ1v) is 16.6. The Morgan fingerprint density at radius 1 is 0.933 bits per heavy atom. The van der Waals surface area contributed by atoms with Gasteiger partial charge in [0.15, 0.2) is 0 Å². The van der Waals surface area contributed by atoms with Gasteiger partial charge in [-0.2, -0.15) is 0 Å². The minimum atomic E-state index is -0.780. The molecule has 1 fully saturated rings. The maximum atomic E-state index is 14.1. The maximum Gasteiger partial charge on any atom is 0.308 e. The van der Waals surface area contributed by atoms with Gasteiger partial charge in [0.1, 0.15) is 17.5 Å². The number of amides is 3. The van der Waals surface area contributed by atoms with Crippen LogP contribution in [-0.4, -0.2) is 47.7 Å². The molecule has 0 bridgehead atoms. The highest BCUT2D eigenvalue weighted by Crippen LogP contribution is 2.54. The number of thioether (sulfide) groups is 1. The van der Waals surface area contributed by atoms with Gasteiger partial charge in [-0.25, -0.2) is 4.90 Å². The number of fused-ring (bicyclic) bond motifs is 2. The van der Waals surface area contributed by atoms with Crippen molar-refractivity contribution in [1.29, 1.82) is 0 Å². The number of hydrogen-bond donors (Lipinski definition) is 1. The Morgan fingerprint density at radius 3 is 2.22 bits per heavy atom. The van der Waals surface area contributed by atoms with E-state index in [1.807, 2.05) is 24.3 Å². The largest absolute Gasteiger partial charge is 0.497 e. The lowest BCUT2D eigenvalue weighted by molar-refractivity contribution is -0.122. The number of nitrogens with zero attached hydrogens (tertiary/aromatic N) is 3. The number of benzene rings is 3. The van der Waals surface area contributed by atoms with Gasteiger partial charge in [0.2, 0.25) is 17.7 Å². The lowest BCUT2D eigenvalue weighted by atomic mass is 9.83. The highest BCUT2D eigenvalue weighted by atomic mass is 35.5. The summed E-state index contributed by atoms with van der Waals surface area (Å²) < 4.78 is 6.60. The lowest BCUT2D eigenvalue weighted by Gasteiger charge is -2.31. The van der Waals surface area contributed by atoms with Gasteiger partial charge < -0.3 is 15.0 Å². The summed E-state index contributed by atoms with van der Waals surface area (Å²) in [6.07, 6.45) is 0. The number of halogens is 1. The van der Waals surface area contributed by atoms with Crippen LogP contribution in [0.25, 0.3) is 0 Å². The number of carbonyl (C=O) groups is 3. The fourth-order valence-corrected chi connectivity index (χ4v) is 8.86. The molecule has 9 nitrogen and oxygen atoms in total. The van der Waals surface area contributed by atoms with Gasteiger partial charge in [0, 0.05) is 40.3 Å². The number of imide groups is 1. The standard InChI is InChI=1S/C33H31ClN4O5S2/c1-4-36(5-2)22-12-6-19(7-13-22)26-27-28(31(41)38(30(27)40)23-14-8-20(34)9-15-23)44-32-29(26)45-33(42)37(32)18-25(39)35-21-10-16-24(43-3)17-11-21/h6-17,26-28H,4-5,18H2,1-3H3,(H,35,39)/t26-,27?,28?/m1/s1. The van der Waals surface area contributed by atoms with Crippen LogP contribution in [0.4, 0.5) is 17.1 Å². The predicted molar refractivity (Wildman–Crippen MR) is 179 cm³/mol. The van der Waals surface area contributed by atoms with Gasteiger partial charge in [-0.3, -0.25) is 23.7 Å². The van der Waals surface area contributed by atoms with E-state index in [1.54, 1.807) is 55.6 Å². The molecule has 6 rings (SSSR count). The van der Waals surface area contributed by atoms with E-state index >= 15 is 0 Å². The quantitative estimate of drug-likeness (QED) is 0.224. The van der Waals surface area contributed by atoms with Crippen LogP contribution in [0.2, 0.25) is 5.02 Å². The summed E-state index contributed by atoms with van der Waals surface area (Å²) in [6.45, 7) is 5.63. The zero-order chi connectivity index (χ0) is 31.8. The smallest absolute Gasteiger partial charge is 0.308 e. The Bertz CT molecular complexity index is 1800. The molecule has 3 heterocycles. The van der Waals surface area contributed by atoms with Crippen LogP contribution >= 0.6 is 34.7 Å². The topological polar surface area (TPSA) is 101 Å². The van der Waals surface area contributed by atoms with Crippen molar-refractivity contribution in [2.45, 2.75) is 36.6 Å². The average molecular weight is 663 g/mol. The number of ether oxygens (including phenoxy) is 1. The number of hydrogen-bond acceptors (Lipinski definition) is 8. The van der Waals surface area contributed by atoms with Crippen molar-refractivity contribution in [2.75, 3.05) is 35.3 Å². The molecule has 12 heteroatoms. The molecule has 0 radical (unpaired) electrons. The Hall–Kier alpha value is -4.06. The number of carbonyl (C=O) groups excluding carboxylic acids is 3. The molecule has 0 spiro atoms. The van der Waals surface area contributed by atoms with Crippen LogP contribution in [-0.2, 0) is 20.9 Å². The fourth-order valence-electron chi connectivity index (χ4n) is 5.96. The monoisotopic (exact) mass is 662 g/mol.